The number of aliphatic hydroxyl groups is 1. The van der Waals surface area contributed by atoms with Crippen LogP contribution in [0.25, 0.3) is 0 Å². The summed E-state index contributed by atoms with van der Waals surface area (Å²) >= 11 is 11.2. The Morgan fingerprint density at radius 3 is 2.75 bits per heavy atom. The molecule has 0 saturated heterocycles. The molecule has 1 aromatic carbocycles. The van der Waals surface area contributed by atoms with E-state index in [0.29, 0.717) is 17.3 Å². The molecule has 0 heterocycles. The van der Waals surface area contributed by atoms with Crippen molar-refractivity contribution >= 4 is 23.2 Å². The van der Waals surface area contributed by atoms with Gasteiger partial charge < -0.3 is 5.11 Å². The van der Waals surface area contributed by atoms with Crippen LogP contribution in [0.5, 0.6) is 0 Å². The Kier molecular flexibility index (Phi) is 3.86. The molecule has 0 fully saturated rings. The number of alkyl halides is 1. The van der Waals surface area contributed by atoms with E-state index in [-0.39, 0.29) is 0 Å². The first-order valence-electron chi connectivity index (χ1n) is 3.73. The van der Waals surface area contributed by atoms with Gasteiger partial charge >= 0.3 is 0 Å². The summed E-state index contributed by atoms with van der Waals surface area (Å²) in [5, 5.41) is 10.1. The highest BCUT2D eigenvalue weighted by atomic mass is 35.5. The summed E-state index contributed by atoms with van der Waals surface area (Å²) in [4.78, 5) is 0. The summed E-state index contributed by atoms with van der Waals surface area (Å²) in [5.41, 5.74) is 0.822. The zero-order valence-electron chi connectivity index (χ0n) is 6.50. The number of halogens is 2. The van der Waals surface area contributed by atoms with E-state index in [2.05, 4.69) is 0 Å². The van der Waals surface area contributed by atoms with Gasteiger partial charge in [0.15, 0.2) is 0 Å². The number of hydrogen-bond donors (Lipinski definition) is 1. The molecule has 0 unspecified atom stereocenters. The van der Waals surface area contributed by atoms with Crippen molar-refractivity contribution in [2.75, 3.05) is 5.88 Å². The molecule has 3 heteroatoms. The molecule has 1 nitrogen and oxygen atoms in total. The van der Waals surface area contributed by atoms with Crippen molar-refractivity contribution in [1.29, 1.82) is 0 Å². The summed E-state index contributed by atoms with van der Waals surface area (Å²) < 4.78 is 0. The van der Waals surface area contributed by atoms with Gasteiger partial charge in [0.05, 0.1) is 6.10 Å². The van der Waals surface area contributed by atoms with Crippen LogP contribution in [-0.4, -0.2) is 11.0 Å². The third-order valence-electron chi connectivity index (χ3n) is 1.62. The van der Waals surface area contributed by atoms with Crippen molar-refractivity contribution in [1.82, 2.24) is 0 Å². The maximum absolute atomic E-state index is 9.50. The molecule has 0 aliphatic rings. The largest absolute Gasteiger partial charge is 0.388 e. The zero-order chi connectivity index (χ0) is 8.97. The predicted octanol–water partition coefficient (Wildman–Crippen LogP) is 3.00. The summed E-state index contributed by atoms with van der Waals surface area (Å²) in [6.07, 6.45) is 0.0585. The van der Waals surface area contributed by atoms with E-state index < -0.39 is 6.10 Å². The molecule has 0 aliphatic carbocycles. The first-order valence-corrected chi connectivity index (χ1v) is 4.65. The van der Waals surface area contributed by atoms with Crippen molar-refractivity contribution in [2.45, 2.75) is 12.5 Å². The molecule has 1 aromatic rings. The minimum Gasteiger partial charge on any atom is -0.388 e. The van der Waals surface area contributed by atoms with Gasteiger partial charge in [0.1, 0.15) is 0 Å². The second kappa shape index (κ2) is 4.70. The SMILES string of the molecule is O[C@H](CCCl)c1cccc(Cl)c1. The lowest BCUT2D eigenvalue weighted by molar-refractivity contribution is 0.174. The molecule has 0 radical (unpaired) electrons. The predicted molar refractivity (Wildman–Crippen MR) is 51.7 cm³/mol. The van der Waals surface area contributed by atoms with Gasteiger partial charge in [-0.3, -0.25) is 0 Å². The van der Waals surface area contributed by atoms with Gasteiger partial charge in [-0.25, -0.2) is 0 Å². The second-order valence-electron chi connectivity index (χ2n) is 2.55. The highest BCUT2D eigenvalue weighted by molar-refractivity contribution is 6.30. The Labute approximate surface area is 81.9 Å². The minimum atomic E-state index is -0.499. The van der Waals surface area contributed by atoms with Crippen LogP contribution in [0.3, 0.4) is 0 Å². The Morgan fingerprint density at radius 2 is 2.17 bits per heavy atom. The average molecular weight is 205 g/mol. The van der Waals surface area contributed by atoms with Crippen molar-refractivity contribution < 1.29 is 5.11 Å². The van der Waals surface area contributed by atoms with Crippen LogP contribution in [0.2, 0.25) is 5.02 Å². The third-order valence-corrected chi connectivity index (χ3v) is 2.07. The lowest BCUT2D eigenvalue weighted by atomic mass is 10.1. The molecule has 66 valence electrons. The number of hydrogen-bond acceptors (Lipinski definition) is 1. The van der Waals surface area contributed by atoms with Crippen molar-refractivity contribution in [3.63, 3.8) is 0 Å². The topological polar surface area (TPSA) is 20.2 Å². The molecule has 0 aliphatic heterocycles. The highest BCUT2D eigenvalue weighted by Crippen LogP contribution is 2.20. The first-order chi connectivity index (χ1) is 5.74. The first kappa shape index (κ1) is 9.85. The third kappa shape index (κ3) is 2.67. The summed E-state index contributed by atoms with van der Waals surface area (Å²) in [6.45, 7) is 0. The fraction of sp³-hybridized carbons (Fsp3) is 0.333. The molecular weight excluding hydrogens is 195 g/mol. The van der Waals surface area contributed by atoms with Crippen LogP contribution in [0.4, 0.5) is 0 Å². The monoisotopic (exact) mass is 204 g/mol. The zero-order valence-corrected chi connectivity index (χ0v) is 8.02. The van der Waals surface area contributed by atoms with Crippen LogP contribution >= 0.6 is 23.2 Å². The standard InChI is InChI=1S/C9H10Cl2O/c10-5-4-9(12)7-2-1-3-8(11)6-7/h1-3,6,9,12H,4-5H2/t9-/m1/s1. The van der Waals surface area contributed by atoms with Crippen molar-refractivity contribution in [3.8, 4) is 0 Å². The molecule has 12 heavy (non-hydrogen) atoms. The van der Waals surface area contributed by atoms with E-state index >= 15 is 0 Å². The number of benzene rings is 1. The van der Waals surface area contributed by atoms with Crippen LogP contribution in [-0.2, 0) is 0 Å². The fourth-order valence-electron chi connectivity index (χ4n) is 0.984. The quantitative estimate of drug-likeness (QED) is 0.752. The van der Waals surface area contributed by atoms with E-state index in [4.69, 9.17) is 23.2 Å². The smallest absolute Gasteiger partial charge is 0.0801 e. The van der Waals surface area contributed by atoms with Gasteiger partial charge in [-0.2, -0.15) is 0 Å². The molecule has 1 rings (SSSR count). The highest BCUT2D eigenvalue weighted by Gasteiger charge is 2.05. The Bertz CT molecular complexity index is 250. The Hall–Kier alpha value is -0.240. The van der Waals surface area contributed by atoms with Gasteiger partial charge in [0.25, 0.3) is 0 Å². The van der Waals surface area contributed by atoms with E-state index in [9.17, 15) is 5.11 Å². The van der Waals surface area contributed by atoms with Crippen LogP contribution in [0.1, 0.15) is 18.1 Å². The van der Waals surface area contributed by atoms with Gasteiger partial charge in [0.2, 0.25) is 0 Å². The van der Waals surface area contributed by atoms with Crippen LogP contribution in [0.15, 0.2) is 24.3 Å². The van der Waals surface area contributed by atoms with Gasteiger partial charge in [-0.05, 0) is 24.1 Å². The van der Waals surface area contributed by atoms with Gasteiger partial charge in [-0.15, -0.1) is 11.6 Å². The Morgan fingerprint density at radius 1 is 1.42 bits per heavy atom. The van der Waals surface area contributed by atoms with Crippen molar-refractivity contribution in [2.24, 2.45) is 0 Å². The second-order valence-corrected chi connectivity index (χ2v) is 3.36. The van der Waals surface area contributed by atoms with Crippen LogP contribution in [0, 0.1) is 0 Å². The summed E-state index contributed by atoms with van der Waals surface area (Å²) in [5.74, 6) is 0.452. The van der Waals surface area contributed by atoms with E-state index in [1.54, 1.807) is 12.1 Å². The molecular formula is C9H10Cl2O. The summed E-state index contributed by atoms with van der Waals surface area (Å²) in [7, 11) is 0. The fourth-order valence-corrected chi connectivity index (χ4v) is 1.39. The van der Waals surface area contributed by atoms with E-state index in [1.165, 1.54) is 0 Å². The summed E-state index contributed by atoms with van der Waals surface area (Å²) in [6, 6.07) is 7.18. The molecule has 0 saturated carbocycles. The number of rotatable bonds is 3. The molecule has 0 amide bonds. The van der Waals surface area contributed by atoms with Gasteiger partial charge in [0, 0.05) is 10.9 Å². The average Bonchev–Trinajstić information content (AvgIpc) is 2.05. The molecule has 0 aromatic heterocycles. The normalized spacial score (nSPS) is 12.9. The molecule has 0 bridgehead atoms. The molecule has 0 spiro atoms. The minimum absolute atomic E-state index is 0.452. The van der Waals surface area contributed by atoms with Crippen LogP contribution < -0.4 is 0 Å². The van der Waals surface area contributed by atoms with Gasteiger partial charge in [-0.1, -0.05) is 23.7 Å². The molecule has 1 N–H and O–H groups in total. The van der Waals surface area contributed by atoms with Crippen molar-refractivity contribution in [3.05, 3.63) is 34.9 Å². The lowest BCUT2D eigenvalue weighted by Crippen LogP contribution is -1.97. The number of aliphatic hydroxyl groups excluding tert-OH is 1. The maximum atomic E-state index is 9.50. The van der Waals surface area contributed by atoms with E-state index in [1.807, 2.05) is 12.1 Å². The maximum Gasteiger partial charge on any atom is 0.0801 e. The van der Waals surface area contributed by atoms with E-state index in [0.717, 1.165) is 5.56 Å². The Balaban J connectivity index is 2.73. The lowest BCUT2D eigenvalue weighted by Gasteiger charge is -2.08. The molecule has 1 atom stereocenters.